The molecule has 0 N–H and O–H groups in total. The molecular weight excluding hydrogens is 424 g/mol. The van der Waals surface area contributed by atoms with Crippen molar-refractivity contribution in [1.82, 2.24) is 4.90 Å². The van der Waals surface area contributed by atoms with Crippen LogP contribution < -0.4 is 0 Å². The number of non-ortho nitro benzene ring substituents is 1. The number of ether oxygens (including phenoxy) is 2. The number of nitro groups is 1. The first-order valence-electron chi connectivity index (χ1n) is 11.5. The van der Waals surface area contributed by atoms with Crippen LogP contribution in [0.15, 0.2) is 47.8 Å². The SMILES string of the molecule is COC(=O)C1=CN(C23CC4CC(CC(C4)C2)C3)C=C(C(=O)OC)C1c1cccc([N+](=O)[O-])c1. The topological polar surface area (TPSA) is 99.0 Å². The first kappa shape index (κ1) is 21.7. The van der Waals surface area contributed by atoms with Crippen LogP contribution in [0.25, 0.3) is 0 Å². The first-order valence-corrected chi connectivity index (χ1v) is 11.5. The number of esters is 2. The summed E-state index contributed by atoms with van der Waals surface area (Å²) in [6.45, 7) is 0. The van der Waals surface area contributed by atoms with E-state index in [9.17, 15) is 19.7 Å². The third-order valence-electron chi connectivity index (χ3n) is 7.99. The third kappa shape index (κ3) is 3.61. The van der Waals surface area contributed by atoms with E-state index in [0.29, 0.717) is 23.3 Å². The third-order valence-corrected chi connectivity index (χ3v) is 7.99. The largest absolute Gasteiger partial charge is 0.466 e. The summed E-state index contributed by atoms with van der Waals surface area (Å²) in [5.74, 6) is 0.100. The molecule has 6 rings (SSSR count). The van der Waals surface area contributed by atoms with Crippen LogP contribution in [-0.4, -0.2) is 41.5 Å². The summed E-state index contributed by atoms with van der Waals surface area (Å²) in [6, 6.07) is 6.03. The number of nitro benzene ring substituents is 1. The Morgan fingerprint density at radius 1 is 0.970 bits per heavy atom. The summed E-state index contributed by atoms with van der Waals surface area (Å²) >= 11 is 0. The van der Waals surface area contributed by atoms with E-state index in [1.165, 1.54) is 45.6 Å². The average Bonchev–Trinajstić information content (AvgIpc) is 2.81. The van der Waals surface area contributed by atoms with Gasteiger partial charge in [0.05, 0.1) is 36.2 Å². The summed E-state index contributed by atoms with van der Waals surface area (Å²) in [5.41, 5.74) is 0.821. The van der Waals surface area contributed by atoms with Gasteiger partial charge in [-0.05, 0) is 61.8 Å². The molecule has 4 saturated carbocycles. The van der Waals surface area contributed by atoms with Crippen molar-refractivity contribution in [3.05, 3.63) is 63.5 Å². The predicted molar refractivity (Wildman–Crippen MR) is 119 cm³/mol. The Balaban J connectivity index is 1.62. The maximum atomic E-state index is 13.0. The fourth-order valence-corrected chi connectivity index (χ4v) is 7.06. The van der Waals surface area contributed by atoms with Gasteiger partial charge in [-0.1, -0.05) is 12.1 Å². The molecular formula is C25H28N2O6. The van der Waals surface area contributed by atoms with E-state index in [4.69, 9.17) is 9.47 Å². The van der Waals surface area contributed by atoms with Gasteiger partial charge >= 0.3 is 11.9 Å². The molecule has 0 aromatic heterocycles. The molecule has 0 unspecified atom stereocenters. The lowest BCUT2D eigenvalue weighted by Gasteiger charge is -2.60. The van der Waals surface area contributed by atoms with Crippen molar-refractivity contribution in [3.63, 3.8) is 0 Å². The Hall–Kier alpha value is -3.16. The van der Waals surface area contributed by atoms with E-state index < -0.39 is 22.8 Å². The van der Waals surface area contributed by atoms with Crippen molar-refractivity contribution in [1.29, 1.82) is 0 Å². The summed E-state index contributed by atoms with van der Waals surface area (Å²) in [5, 5.41) is 11.4. The van der Waals surface area contributed by atoms with E-state index in [1.54, 1.807) is 12.1 Å². The van der Waals surface area contributed by atoms with Crippen LogP contribution in [-0.2, 0) is 19.1 Å². The van der Waals surface area contributed by atoms with Gasteiger partial charge in [-0.2, -0.15) is 0 Å². The van der Waals surface area contributed by atoms with E-state index >= 15 is 0 Å². The van der Waals surface area contributed by atoms with Gasteiger partial charge in [-0.3, -0.25) is 10.1 Å². The average molecular weight is 453 g/mol. The van der Waals surface area contributed by atoms with Crippen LogP contribution in [0.5, 0.6) is 0 Å². The molecule has 1 heterocycles. The van der Waals surface area contributed by atoms with Crippen molar-refractivity contribution in [2.75, 3.05) is 14.2 Å². The molecule has 4 bridgehead atoms. The van der Waals surface area contributed by atoms with E-state index in [-0.39, 0.29) is 22.4 Å². The lowest BCUT2D eigenvalue weighted by molar-refractivity contribution is -0.384. The minimum Gasteiger partial charge on any atom is -0.466 e. The second kappa shape index (κ2) is 8.01. The quantitative estimate of drug-likeness (QED) is 0.377. The van der Waals surface area contributed by atoms with Crippen LogP contribution in [0.4, 0.5) is 5.69 Å². The van der Waals surface area contributed by atoms with Crippen LogP contribution >= 0.6 is 0 Å². The molecule has 0 saturated heterocycles. The van der Waals surface area contributed by atoms with Crippen molar-refractivity contribution in [3.8, 4) is 0 Å². The summed E-state index contributed by atoms with van der Waals surface area (Å²) in [7, 11) is 2.61. The molecule has 0 spiro atoms. The highest BCUT2D eigenvalue weighted by Gasteiger charge is 2.54. The predicted octanol–water partition coefficient (Wildman–Crippen LogP) is 4.08. The zero-order valence-electron chi connectivity index (χ0n) is 18.9. The first-order chi connectivity index (χ1) is 15.8. The number of carbonyl (C=O) groups is 2. The fourth-order valence-electron chi connectivity index (χ4n) is 7.06. The smallest absolute Gasteiger partial charge is 0.336 e. The van der Waals surface area contributed by atoms with E-state index in [0.717, 1.165) is 19.3 Å². The number of nitrogens with zero attached hydrogens (tertiary/aromatic N) is 2. The number of methoxy groups -OCH3 is 2. The van der Waals surface area contributed by atoms with E-state index in [2.05, 4.69) is 4.90 Å². The maximum Gasteiger partial charge on any atom is 0.336 e. The lowest BCUT2D eigenvalue weighted by atomic mass is 9.52. The van der Waals surface area contributed by atoms with Gasteiger partial charge < -0.3 is 14.4 Å². The van der Waals surface area contributed by atoms with Gasteiger partial charge in [0.1, 0.15) is 0 Å². The van der Waals surface area contributed by atoms with Crippen molar-refractivity contribution in [2.45, 2.75) is 50.0 Å². The molecule has 0 amide bonds. The zero-order valence-corrected chi connectivity index (χ0v) is 18.9. The highest BCUT2D eigenvalue weighted by Crippen LogP contribution is 2.59. The highest BCUT2D eigenvalue weighted by atomic mass is 16.6. The van der Waals surface area contributed by atoms with Crippen LogP contribution in [0.2, 0.25) is 0 Å². The normalized spacial score (nSPS) is 30.5. The molecule has 1 aromatic carbocycles. The molecule has 174 valence electrons. The summed E-state index contributed by atoms with van der Waals surface area (Å²) in [4.78, 5) is 38.9. The minimum atomic E-state index is -0.810. The summed E-state index contributed by atoms with van der Waals surface area (Å²) in [6.07, 6.45) is 10.5. The number of carbonyl (C=O) groups excluding carboxylic acids is 2. The lowest BCUT2D eigenvalue weighted by Crippen LogP contribution is -2.57. The van der Waals surface area contributed by atoms with Gasteiger partial charge in [0.25, 0.3) is 5.69 Å². The standard InChI is InChI=1S/C25H28N2O6/c1-32-23(28)20-13-26(25-10-15-6-16(11-25)8-17(7-15)12-25)14-21(24(29)33-2)22(20)18-4-3-5-19(9-18)27(30)31/h3-5,9,13-17,22H,6-8,10-12H2,1-2H3. The van der Waals surface area contributed by atoms with Gasteiger partial charge in [0, 0.05) is 30.1 Å². The second-order valence-electron chi connectivity index (χ2n) is 9.99. The Morgan fingerprint density at radius 2 is 1.48 bits per heavy atom. The molecule has 1 aliphatic heterocycles. The molecule has 4 fully saturated rings. The second-order valence-corrected chi connectivity index (χ2v) is 9.99. The maximum absolute atomic E-state index is 13.0. The minimum absolute atomic E-state index is 0.107. The van der Waals surface area contributed by atoms with Gasteiger partial charge in [0.2, 0.25) is 0 Å². The Kier molecular flexibility index (Phi) is 5.26. The van der Waals surface area contributed by atoms with Crippen molar-refractivity contribution >= 4 is 17.6 Å². The molecule has 5 aliphatic rings. The molecule has 0 radical (unpaired) electrons. The van der Waals surface area contributed by atoms with Crippen LogP contribution in [0.1, 0.15) is 50.0 Å². The Labute approximate surface area is 192 Å². The molecule has 8 nitrogen and oxygen atoms in total. The molecule has 1 aromatic rings. The van der Waals surface area contributed by atoms with Crippen LogP contribution in [0, 0.1) is 27.9 Å². The zero-order chi connectivity index (χ0) is 23.3. The molecule has 0 atom stereocenters. The van der Waals surface area contributed by atoms with Gasteiger partial charge in [0.15, 0.2) is 0 Å². The highest BCUT2D eigenvalue weighted by molar-refractivity contribution is 5.98. The van der Waals surface area contributed by atoms with Crippen molar-refractivity contribution < 1.29 is 24.0 Å². The summed E-state index contributed by atoms with van der Waals surface area (Å²) < 4.78 is 10.2. The van der Waals surface area contributed by atoms with Gasteiger partial charge in [-0.25, -0.2) is 9.59 Å². The molecule has 33 heavy (non-hydrogen) atoms. The fraction of sp³-hybridized carbons (Fsp3) is 0.520. The monoisotopic (exact) mass is 452 g/mol. The van der Waals surface area contributed by atoms with Crippen LogP contribution in [0.3, 0.4) is 0 Å². The number of rotatable bonds is 5. The van der Waals surface area contributed by atoms with Gasteiger partial charge in [-0.15, -0.1) is 0 Å². The molecule has 4 aliphatic carbocycles. The number of hydrogen-bond donors (Lipinski definition) is 0. The number of benzene rings is 1. The Bertz CT molecular complexity index is 1010. The van der Waals surface area contributed by atoms with E-state index in [1.807, 2.05) is 12.4 Å². The number of hydrogen-bond acceptors (Lipinski definition) is 7. The molecule has 8 heteroatoms. The Morgan fingerprint density at radius 3 is 1.94 bits per heavy atom. The van der Waals surface area contributed by atoms with Crippen molar-refractivity contribution in [2.24, 2.45) is 17.8 Å².